The van der Waals surface area contributed by atoms with E-state index >= 15 is 0 Å². The second-order valence-corrected chi connectivity index (χ2v) is 3.28. The summed E-state index contributed by atoms with van der Waals surface area (Å²) in [6.45, 7) is 0. The van der Waals surface area contributed by atoms with Crippen molar-refractivity contribution in [2.24, 2.45) is 5.10 Å². The number of halogens is 1. The maximum Gasteiger partial charge on any atom is 0.291 e. The summed E-state index contributed by atoms with van der Waals surface area (Å²) in [6, 6.07) is 4.87. The molecule has 0 radical (unpaired) electrons. The monoisotopic (exact) mass is 265 g/mol. The molecule has 0 saturated carbocycles. The number of nitro groups is 1. The van der Waals surface area contributed by atoms with Gasteiger partial charge in [0.15, 0.2) is 0 Å². The van der Waals surface area contributed by atoms with Crippen molar-refractivity contribution in [2.45, 2.75) is 0 Å². The van der Waals surface area contributed by atoms with Crippen LogP contribution in [-0.2, 0) is 0 Å². The van der Waals surface area contributed by atoms with Crippen molar-refractivity contribution in [3.63, 3.8) is 0 Å². The number of aromatic hydroxyl groups is 1. The summed E-state index contributed by atoms with van der Waals surface area (Å²) in [7, 11) is 0. The molecule has 0 spiro atoms. The molecule has 0 aromatic heterocycles. The summed E-state index contributed by atoms with van der Waals surface area (Å²) < 4.78 is 0. The van der Waals surface area contributed by atoms with Gasteiger partial charge >= 0.3 is 0 Å². The number of nitriles is 2. The van der Waals surface area contributed by atoms with Crippen LogP contribution in [0.25, 0.3) is 0 Å². The molecule has 1 rings (SSSR count). The molecule has 0 fully saturated rings. The zero-order valence-electron chi connectivity index (χ0n) is 8.59. The Kier molecular flexibility index (Phi) is 4.02. The zero-order valence-corrected chi connectivity index (χ0v) is 9.34. The summed E-state index contributed by atoms with van der Waals surface area (Å²) >= 11 is 5.61. The second kappa shape index (κ2) is 5.48. The van der Waals surface area contributed by atoms with E-state index in [4.69, 9.17) is 22.1 Å². The highest BCUT2D eigenvalue weighted by Crippen LogP contribution is 2.34. The van der Waals surface area contributed by atoms with E-state index in [1.165, 1.54) is 12.1 Å². The molecular weight excluding hydrogens is 262 g/mol. The van der Waals surface area contributed by atoms with Crippen LogP contribution >= 0.6 is 11.6 Å². The van der Waals surface area contributed by atoms with Gasteiger partial charge in [-0.3, -0.25) is 15.5 Å². The molecule has 90 valence electrons. The van der Waals surface area contributed by atoms with Crippen LogP contribution in [0.5, 0.6) is 5.75 Å². The first-order chi connectivity index (χ1) is 8.49. The minimum absolute atomic E-state index is 0.0615. The smallest absolute Gasteiger partial charge is 0.291 e. The Bertz CT molecular complexity index is 598. The molecule has 9 heteroatoms. The third kappa shape index (κ3) is 2.84. The number of anilines is 1. The first-order valence-electron chi connectivity index (χ1n) is 4.30. The van der Waals surface area contributed by atoms with Crippen LogP contribution in [-0.4, -0.2) is 15.7 Å². The average Bonchev–Trinajstić information content (AvgIpc) is 2.33. The van der Waals surface area contributed by atoms with Crippen LogP contribution in [0.3, 0.4) is 0 Å². The number of phenols is 1. The molecule has 0 atom stereocenters. The van der Waals surface area contributed by atoms with Crippen LogP contribution in [0.4, 0.5) is 11.4 Å². The van der Waals surface area contributed by atoms with E-state index in [0.29, 0.717) is 0 Å². The molecule has 18 heavy (non-hydrogen) atoms. The standard InChI is InChI=1S/C9H4ClN5O3/c10-6-1-7(14-13-5(3-11)4-12)9(16)2-8(6)15(17)18/h1-2,14,16H. The lowest BCUT2D eigenvalue weighted by atomic mass is 10.2. The molecule has 0 aliphatic rings. The van der Waals surface area contributed by atoms with Gasteiger partial charge in [-0.15, -0.1) is 0 Å². The van der Waals surface area contributed by atoms with Crippen LogP contribution in [0.15, 0.2) is 17.2 Å². The fourth-order valence-electron chi connectivity index (χ4n) is 0.971. The molecule has 2 N–H and O–H groups in total. The van der Waals surface area contributed by atoms with Crippen LogP contribution in [0.1, 0.15) is 0 Å². The number of nitrogens with zero attached hydrogens (tertiary/aromatic N) is 4. The van der Waals surface area contributed by atoms with Gasteiger partial charge < -0.3 is 5.11 Å². The van der Waals surface area contributed by atoms with Gasteiger partial charge in [0, 0.05) is 0 Å². The van der Waals surface area contributed by atoms with Gasteiger partial charge in [-0.05, 0) is 6.07 Å². The van der Waals surface area contributed by atoms with Gasteiger partial charge in [-0.2, -0.15) is 15.6 Å². The van der Waals surface area contributed by atoms with Crippen molar-refractivity contribution in [3.05, 3.63) is 27.3 Å². The zero-order chi connectivity index (χ0) is 13.7. The number of hydrogen-bond acceptors (Lipinski definition) is 7. The quantitative estimate of drug-likeness (QED) is 0.370. The fraction of sp³-hybridized carbons (Fsp3) is 0. The maximum absolute atomic E-state index is 10.5. The van der Waals surface area contributed by atoms with E-state index in [1.54, 1.807) is 0 Å². The van der Waals surface area contributed by atoms with Crippen LogP contribution in [0.2, 0.25) is 5.02 Å². The maximum atomic E-state index is 10.5. The van der Waals surface area contributed by atoms with Crippen molar-refractivity contribution in [1.29, 1.82) is 10.5 Å². The molecule has 1 aromatic rings. The van der Waals surface area contributed by atoms with E-state index in [-0.39, 0.29) is 10.7 Å². The van der Waals surface area contributed by atoms with Crippen molar-refractivity contribution >= 4 is 28.7 Å². The second-order valence-electron chi connectivity index (χ2n) is 2.87. The molecule has 0 aliphatic heterocycles. The molecule has 0 amide bonds. The third-order valence-corrected chi connectivity index (χ3v) is 2.06. The lowest BCUT2D eigenvalue weighted by Gasteiger charge is -2.04. The number of nitro benzene ring substituents is 1. The van der Waals surface area contributed by atoms with E-state index in [0.717, 1.165) is 12.1 Å². The van der Waals surface area contributed by atoms with Crippen LogP contribution < -0.4 is 5.43 Å². The van der Waals surface area contributed by atoms with Crippen molar-refractivity contribution < 1.29 is 10.0 Å². The molecule has 0 heterocycles. The predicted octanol–water partition coefficient (Wildman–Crippen LogP) is 1.77. The first kappa shape index (κ1) is 13.2. The normalized spacial score (nSPS) is 8.83. The Balaban J connectivity index is 3.11. The summed E-state index contributed by atoms with van der Waals surface area (Å²) in [6.07, 6.45) is 0. The number of rotatable bonds is 3. The molecule has 0 saturated heterocycles. The lowest BCUT2D eigenvalue weighted by molar-refractivity contribution is -0.384. The van der Waals surface area contributed by atoms with Gasteiger partial charge in [0.1, 0.15) is 22.9 Å². The van der Waals surface area contributed by atoms with Crippen molar-refractivity contribution in [1.82, 2.24) is 0 Å². The highest BCUT2D eigenvalue weighted by Gasteiger charge is 2.16. The van der Waals surface area contributed by atoms with E-state index in [1.807, 2.05) is 0 Å². The number of hydrazone groups is 1. The third-order valence-electron chi connectivity index (χ3n) is 1.76. The summed E-state index contributed by atoms with van der Waals surface area (Å²) in [5.74, 6) is -0.481. The van der Waals surface area contributed by atoms with Crippen LogP contribution in [0, 0.1) is 32.8 Å². The fourth-order valence-corrected chi connectivity index (χ4v) is 1.20. The molecule has 0 unspecified atom stereocenters. The van der Waals surface area contributed by atoms with Gasteiger partial charge in [-0.1, -0.05) is 11.6 Å². The Hall–Kier alpha value is -2.84. The van der Waals surface area contributed by atoms with Gasteiger partial charge in [0.2, 0.25) is 5.71 Å². The molecule has 1 aromatic carbocycles. The lowest BCUT2D eigenvalue weighted by Crippen LogP contribution is -1.97. The Morgan fingerprint density at radius 1 is 1.50 bits per heavy atom. The topological polar surface area (TPSA) is 135 Å². The Morgan fingerprint density at radius 3 is 2.61 bits per heavy atom. The van der Waals surface area contributed by atoms with Gasteiger partial charge in [-0.25, -0.2) is 0 Å². The highest BCUT2D eigenvalue weighted by molar-refractivity contribution is 6.33. The largest absolute Gasteiger partial charge is 0.505 e. The summed E-state index contributed by atoms with van der Waals surface area (Å²) in [5, 5.41) is 40.0. The van der Waals surface area contributed by atoms with Crippen molar-refractivity contribution in [3.8, 4) is 17.9 Å². The number of nitrogens with one attached hydrogen (secondary N) is 1. The van der Waals surface area contributed by atoms with Gasteiger partial charge in [0.25, 0.3) is 5.69 Å². The Labute approximate surface area is 105 Å². The number of phenolic OH excluding ortho intramolecular Hbond substituents is 1. The van der Waals surface area contributed by atoms with E-state index in [2.05, 4.69) is 10.5 Å². The molecule has 8 nitrogen and oxygen atoms in total. The summed E-state index contributed by atoms with van der Waals surface area (Å²) in [5.41, 5.74) is 1.21. The molecule has 0 aliphatic carbocycles. The first-order valence-corrected chi connectivity index (χ1v) is 4.68. The molecule has 0 bridgehead atoms. The van der Waals surface area contributed by atoms with Crippen molar-refractivity contribution in [2.75, 3.05) is 5.43 Å². The van der Waals surface area contributed by atoms with Gasteiger partial charge in [0.05, 0.1) is 16.7 Å². The Morgan fingerprint density at radius 2 is 2.11 bits per heavy atom. The van der Waals surface area contributed by atoms with E-state index < -0.39 is 22.1 Å². The predicted molar refractivity (Wildman–Crippen MR) is 62.1 cm³/mol. The minimum Gasteiger partial charge on any atom is -0.505 e. The SMILES string of the molecule is N#CC(C#N)=NNc1cc(Cl)c([N+](=O)[O-])cc1O. The average molecular weight is 266 g/mol. The number of hydrogen-bond donors (Lipinski definition) is 2. The summed E-state index contributed by atoms with van der Waals surface area (Å²) in [4.78, 5) is 9.76. The highest BCUT2D eigenvalue weighted by atomic mass is 35.5. The number of benzene rings is 1. The van der Waals surface area contributed by atoms with E-state index in [9.17, 15) is 15.2 Å². The molecular formula is C9H4ClN5O3. The minimum atomic E-state index is -0.759.